The molecule has 0 aromatic heterocycles. The monoisotopic (exact) mass is 457 g/mol. The van der Waals surface area contributed by atoms with Crippen molar-refractivity contribution in [2.75, 3.05) is 18.5 Å². The van der Waals surface area contributed by atoms with Gasteiger partial charge in [-0.2, -0.15) is 0 Å². The maximum absolute atomic E-state index is 12.2. The number of aliphatic hydroxyl groups is 1. The molecule has 5 atom stereocenters. The average Bonchev–Trinajstić information content (AvgIpc) is 3.09. The first kappa shape index (κ1) is 23.4. The van der Waals surface area contributed by atoms with Crippen LogP contribution in [-0.2, 0) is 4.79 Å². The highest BCUT2D eigenvalue weighted by atomic mass is 16.3. The molecule has 0 unspecified atom stereocenters. The number of ketones is 1. The summed E-state index contributed by atoms with van der Waals surface area (Å²) in [6, 6.07) is 9.14. The zero-order valence-electron chi connectivity index (χ0n) is 21.3. The Hall–Kier alpha value is -2.31. The molecule has 0 radical (unpaired) electrons. The third-order valence-corrected chi connectivity index (χ3v) is 9.51. The molecule has 180 valence electrons. The molecule has 4 aliphatic rings. The Kier molecular flexibility index (Phi) is 6.01. The van der Waals surface area contributed by atoms with Gasteiger partial charge in [0.2, 0.25) is 0 Å². The predicted octanol–water partition coefficient (Wildman–Crippen LogP) is 6.19. The lowest BCUT2D eigenvalue weighted by molar-refractivity contribution is -0.114. The first-order chi connectivity index (χ1) is 16.3. The zero-order chi connectivity index (χ0) is 24.1. The fraction of sp³-hybridized carbons (Fsp3) is 0.581. The largest absolute Gasteiger partial charge is 0.377 e. The lowest BCUT2D eigenvalue weighted by Gasteiger charge is -2.53. The van der Waals surface area contributed by atoms with E-state index in [1.807, 2.05) is 13.0 Å². The SMILES string of the molecule is CC#C[C@]1(O)CC[C@H]2[C@@H]3CCC4=CC(=O)CCC4=C3[C@@H](c3ccc(N(C)CCC)cc3)C[C@@]21C. The molecule has 0 saturated heterocycles. The van der Waals surface area contributed by atoms with E-state index in [1.54, 1.807) is 5.57 Å². The molecule has 2 saturated carbocycles. The number of nitrogens with zero attached hydrogens (tertiary/aromatic N) is 1. The van der Waals surface area contributed by atoms with Crippen molar-refractivity contribution in [2.24, 2.45) is 17.3 Å². The highest BCUT2D eigenvalue weighted by Gasteiger charge is 2.62. The predicted molar refractivity (Wildman–Crippen MR) is 139 cm³/mol. The van der Waals surface area contributed by atoms with Crippen LogP contribution in [0.25, 0.3) is 0 Å². The molecule has 3 nitrogen and oxygen atoms in total. The van der Waals surface area contributed by atoms with Crippen LogP contribution in [0.3, 0.4) is 0 Å². The van der Waals surface area contributed by atoms with Gasteiger partial charge >= 0.3 is 0 Å². The van der Waals surface area contributed by atoms with Gasteiger partial charge in [-0.05, 0) is 98.6 Å². The van der Waals surface area contributed by atoms with E-state index >= 15 is 0 Å². The molecule has 0 heterocycles. The fourth-order valence-corrected chi connectivity index (χ4v) is 7.80. The second-order valence-corrected chi connectivity index (χ2v) is 11.3. The van der Waals surface area contributed by atoms with E-state index < -0.39 is 5.60 Å². The van der Waals surface area contributed by atoms with Gasteiger partial charge in [-0.3, -0.25) is 4.79 Å². The van der Waals surface area contributed by atoms with Crippen molar-refractivity contribution < 1.29 is 9.90 Å². The number of rotatable bonds is 4. The van der Waals surface area contributed by atoms with Crippen LogP contribution in [0, 0.1) is 29.1 Å². The molecule has 1 aromatic carbocycles. The molecular weight excluding hydrogens is 418 g/mol. The van der Waals surface area contributed by atoms with E-state index in [9.17, 15) is 9.90 Å². The lowest BCUT2D eigenvalue weighted by atomic mass is 9.51. The van der Waals surface area contributed by atoms with Crippen LogP contribution in [-0.4, -0.2) is 30.1 Å². The summed E-state index contributed by atoms with van der Waals surface area (Å²) in [6.45, 7) is 7.42. The van der Waals surface area contributed by atoms with Gasteiger partial charge < -0.3 is 10.0 Å². The van der Waals surface area contributed by atoms with Crippen molar-refractivity contribution in [1.29, 1.82) is 0 Å². The molecule has 4 aliphatic carbocycles. The number of carbonyl (C=O) groups excluding carboxylic acids is 1. The Morgan fingerprint density at radius 3 is 2.62 bits per heavy atom. The van der Waals surface area contributed by atoms with Crippen molar-refractivity contribution >= 4 is 11.5 Å². The van der Waals surface area contributed by atoms with Crippen LogP contribution in [0.5, 0.6) is 0 Å². The zero-order valence-corrected chi connectivity index (χ0v) is 21.3. The van der Waals surface area contributed by atoms with Crippen molar-refractivity contribution in [3.05, 3.63) is 52.6 Å². The summed E-state index contributed by atoms with van der Waals surface area (Å²) in [6.07, 6.45) is 9.38. The number of hydrogen-bond donors (Lipinski definition) is 1. The summed E-state index contributed by atoms with van der Waals surface area (Å²) >= 11 is 0. The molecule has 34 heavy (non-hydrogen) atoms. The van der Waals surface area contributed by atoms with Gasteiger partial charge in [-0.25, -0.2) is 0 Å². The number of allylic oxidation sites excluding steroid dienone is 4. The quantitative estimate of drug-likeness (QED) is 0.548. The molecule has 1 N–H and O–H groups in total. The maximum atomic E-state index is 12.2. The average molecular weight is 458 g/mol. The first-order valence-corrected chi connectivity index (χ1v) is 13.3. The summed E-state index contributed by atoms with van der Waals surface area (Å²) in [5.41, 5.74) is 5.79. The van der Waals surface area contributed by atoms with E-state index in [2.05, 4.69) is 61.9 Å². The molecule has 2 fully saturated rings. The Morgan fingerprint density at radius 2 is 1.91 bits per heavy atom. The van der Waals surface area contributed by atoms with Crippen molar-refractivity contribution in [3.63, 3.8) is 0 Å². The van der Waals surface area contributed by atoms with Gasteiger partial charge in [0.05, 0.1) is 0 Å². The van der Waals surface area contributed by atoms with Crippen LogP contribution in [0.4, 0.5) is 5.69 Å². The summed E-state index contributed by atoms with van der Waals surface area (Å²) in [5.74, 6) is 7.78. The number of fused-ring (bicyclic) bond motifs is 4. The second-order valence-electron chi connectivity index (χ2n) is 11.3. The van der Waals surface area contributed by atoms with Crippen LogP contribution in [0.2, 0.25) is 0 Å². The summed E-state index contributed by atoms with van der Waals surface area (Å²) < 4.78 is 0. The Morgan fingerprint density at radius 1 is 1.15 bits per heavy atom. The molecular formula is C31H39NO2. The molecule has 0 aliphatic heterocycles. The standard InChI is InChI=1S/C31H39NO2/c1-5-16-31(34)17-15-28-26-13-9-22-19-24(33)12-14-25(22)29(26)27(20-30(28,31)3)21-7-10-23(11-8-21)32(4)18-6-2/h7-8,10-11,19,26-28,34H,6,9,12-15,17-18,20H2,1-4H3/t26-,27+,28-,30-,31-/m0/s1. The topological polar surface area (TPSA) is 40.5 Å². The number of anilines is 1. The molecule has 0 bridgehead atoms. The van der Waals surface area contributed by atoms with Crippen LogP contribution in [0.15, 0.2) is 47.1 Å². The number of hydrogen-bond acceptors (Lipinski definition) is 3. The van der Waals surface area contributed by atoms with Crippen molar-refractivity contribution in [1.82, 2.24) is 0 Å². The van der Waals surface area contributed by atoms with E-state index in [-0.39, 0.29) is 17.1 Å². The van der Waals surface area contributed by atoms with E-state index in [1.165, 1.54) is 22.4 Å². The third kappa shape index (κ3) is 3.57. The van der Waals surface area contributed by atoms with Gasteiger partial charge in [0, 0.05) is 37.0 Å². The van der Waals surface area contributed by atoms with E-state index in [4.69, 9.17) is 0 Å². The minimum atomic E-state index is -0.916. The molecule has 0 spiro atoms. The van der Waals surface area contributed by atoms with E-state index in [0.717, 1.165) is 51.5 Å². The summed E-state index contributed by atoms with van der Waals surface area (Å²) in [7, 11) is 2.16. The Labute approximate surface area is 205 Å². The smallest absolute Gasteiger partial charge is 0.156 e. The second kappa shape index (κ2) is 8.72. The lowest BCUT2D eigenvalue weighted by Crippen LogP contribution is -2.51. The van der Waals surface area contributed by atoms with Crippen molar-refractivity contribution in [3.8, 4) is 11.8 Å². The molecule has 5 rings (SSSR count). The highest BCUT2D eigenvalue weighted by Crippen LogP contribution is 2.66. The van der Waals surface area contributed by atoms with Gasteiger partial charge in [0.25, 0.3) is 0 Å². The fourth-order valence-electron chi connectivity index (χ4n) is 7.80. The van der Waals surface area contributed by atoms with E-state index in [0.29, 0.717) is 18.3 Å². The minimum absolute atomic E-state index is 0.223. The molecule has 0 amide bonds. The van der Waals surface area contributed by atoms with Crippen LogP contribution >= 0.6 is 0 Å². The Balaban J connectivity index is 1.62. The van der Waals surface area contributed by atoms with Crippen LogP contribution in [0.1, 0.15) is 83.6 Å². The number of benzene rings is 1. The van der Waals surface area contributed by atoms with Gasteiger partial charge in [-0.1, -0.05) is 37.5 Å². The normalized spacial score (nSPS) is 34.4. The van der Waals surface area contributed by atoms with Gasteiger partial charge in [-0.15, -0.1) is 5.92 Å². The summed E-state index contributed by atoms with van der Waals surface area (Å²) in [5, 5.41) is 11.8. The van der Waals surface area contributed by atoms with Gasteiger partial charge in [0.1, 0.15) is 5.60 Å². The highest BCUT2D eigenvalue weighted by molar-refractivity contribution is 5.93. The Bertz CT molecular complexity index is 1100. The van der Waals surface area contributed by atoms with Crippen LogP contribution < -0.4 is 4.90 Å². The first-order valence-electron chi connectivity index (χ1n) is 13.3. The maximum Gasteiger partial charge on any atom is 0.156 e. The number of carbonyl (C=O) groups is 1. The van der Waals surface area contributed by atoms with Gasteiger partial charge in [0.15, 0.2) is 5.78 Å². The summed E-state index contributed by atoms with van der Waals surface area (Å²) in [4.78, 5) is 14.5. The third-order valence-electron chi connectivity index (χ3n) is 9.51. The van der Waals surface area contributed by atoms with Crippen molar-refractivity contribution in [2.45, 2.75) is 83.7 Å². The minimum Gasteiger partial charge on any atom is -0.377 e. The molecule has 3 heteroatoms. The molecule has 1 aromatic rings.